The summed E-state index contributed by atoms with van der Waals surface area (Å²) < 4.78 is 1.22. The molecule has 422 valence electrons. The summed E-state index contributed by atoms with van der Waals surface area (Å²) in [7, 11) is 0. The molecule has 0 atom stereocenters. The Balaban J connectivity index is 1.13. The SMILES string of the molecule is CC(C)(C)c1cc(N(c2cccc(N(c3ccccc3)c3ccccc3)c2)c2ccc3c(c2)C(C)(C)CCC3(C)C)c(Cl)c(N(c2ccc3c(-c4ccccc4)c4ccccc4c(-c4ccccc4)c3c2)c2csc3ccc(C(C)(C)C)cc23)c1. The molecule has 0 bridgehead atoms. The second kappa shape index (κ2) is 21.6. The number of halogens is 1. The standard InChI is InChI=1S/C80H74ClN3S/c1-77(2,3)55-38-43-73-67(46-55)72(52-85-73)84(61-39-41-65-66(50-61)75(54-28-17-12-18-29-54)64-37-24-23-36-63(64)74(65)53-26-15-11-16-27-53)71-48-56(78(4,5)6)47-70(76(71)81)83(62-40-42-68-69(51-62)80(9,10)45-44-79(68,7)8)60-35-25-34-59(49-60)82(57-30-19-13-20-31-57)58-32-21-14-22-33-58/h11-43,46-52H,44-45H2,1-10H3. The number of benzene rings is 11. The van der Waals surface area contributed by atoms with Crippen molar-refractivity contribution in [3.05, 3.63) is 269 Å². The van der Waals surface area contributed by atoms with Crippen LogP contribution in [0.2, 0.25) is 5.02 Å². The zero-order valence-corrected chi connectivity index (χ0v) is 52.2. The number of para-hydroxylation sites is 2. The van der Waals surface area contributed by atoms with Gasteiger partial charge in [-0.05, 0) is 192 Å². The van der Waals surface area contributed by atoms with Gasteiger partial charge in [-0.15, -0.1) is 11.3 Å². The van der Waals surface area contributed by atoms with Crippen molar-refractivity contribution in [1.29, 1.82) is 0 Å². The van der Waals surface area contributed by atoms with Gasteiger partial charge in [0.15, 0.2) is 0 Å². The van der Waals surface area contributed by atoms with Crippen LogP contribution in [0.1, 0.15) is 104 Å². The highest BCUT2D eigenvalue weighted by Crippen LogP contribution is 2.55. The Morgan fingerprint density at radius 2 is 0.812 bits per heavy atom. The van der Waals surface area contributed by atoms with E-state index < -0.39 is 0 Å². The summed E-state index contributed by atoms with van der Waals surface area (Å²) in [5, 5.41) is 8.99. The summed E-state index contributed by atoms with van der Waals surface area (Å²) in [6.07, 6.45) is 2.23. The minimum atomic E-state index is -0.296. The van der Waals surface area contributed by atoms with E-state index in [1.807, 2.05) is 0 Å². The lowest BCUT2D eigenvalue weighted by Crippen LogP contribution is -2.34. The summed E-state index contributed by atoms with van der Waals surface area (Å²) >= 11 is 10.4. The van der Waals surface area contributed by atoms with Gasteiger partial charge in [-0.2, -0.15) is 0 Å². The van der Waals surface area contributed by atoms with E-state index in [9.17, 15) is 0 Å². The van der Waals surface area contributed by atoms with Crippen LogP contribution in [-0.4, -0.2) is 0 Å². The predicted octanol–water partition coefficient (Wildman–Crippen LogP) is 24.5. The summed E-state index contributed by atoms with van der Waals surface area (Å²) in [5.74, 6) is 0. The van der Waals surface area contributed by atoms with Gasteiger partial charge in [0.25, 0.3) is 0 Å². The number of anilines is 9. The number of rotatable bonds is 11. The lowest BCUT2D eigenvalue weighted by Gasteiger charge is -2.42. The molecule has 1 aliphatic carbocycles. The normalized spacial score (nSPS) is 13.9. The van der Waals surface area contributed by atoms with Gasteiger partial charge < -0.3 is 14.7 Å². The molecular weight excluding hydrogens is 1070 g/mol. The highest BCUT2D eigenvalue weighted by atomic mass is 35.5. The third-order valence-electron chi connectivity index (χ3n) is 17.9. The highest BCUT2D eigenvalue weighted by molar-refractivity contribution is 7.17. The van der Waals surface area contributed by atoms with Gasteiger partial charge >= 0.3 is 0 Å². The first kappa shape index (κ1) is 55.8. The van der Waals surface area contributed by atoms with Gasteiger partial charge in [-0.25, -0.2) is 0 Å². The van der Waals surface area contributed by atoms with Gasteiger partial charge in [0.1, 0.15) is 0 Å². The fraction of sp³-hybridized carbons (Fsp3) is 0.200. The van der Waals surface area contributed by atoms with E-state index in [1.165, 1.54) is 76.1 Å². The molecule has 12 aromatic rings. The van der Waals surface area contributed by atoms with Crippen LogP contribution in [0.25, 0.3) is 53.9 Å². The van der Waals surface area contributed by atoms with Crippen LogP contribution in [-0.2, 0) is 21.7 Å². The smallest absolute Gasteiger partial charge is 0.0887 e. The van der Waals surface area contributed by atoms with Crippen molar-refractivity contribution < 1.29 is 0 Å². The van der Waals surface area contributed by atoms with E-state index in [0.29, 0.717) is 5.02 Å². The Morgan fingerprint density at radius 3 is 1.39 bits per heavy atom. The number of hydrogen-bond acceptors (Lipinski definition) is 4. The number of nitrogens with zero attached hydrogens (tertiary/aromatic N) is 3. The minimum Gasteiger partial charge on any atom is -0.310 e. The molecule has 1 aromatic heterocycles. The molecule has 0 saturated heterocycles. The maximum atomic E-state index is 8.62. The monoisotopic (exact) mass is 1140 g/mol. The van der Waals surface area contributed by atoms with E-state index in [-0.39, 0.29) is 21.7 Å². The maximum absolute atomic E-state index is 8.62. The van der Waals surface area contributed by atoms with Crippen molar-refractivity contribution in [1.82, 2.24) is 0 Å². The summed E-state index contributed by atoms with van der Waals surface area (Å²) in [6, 6.07) is 87.4. The van der Waals surface area contributed by atoms with Crippen molar-refractivity contribution in [2.24, 2.45) is 0 Å². The molecule has 0 spiro atoms. The van der Waals surface area contributed by atoms with Crippen LogP contribution in [0, 0.1) is 0 Å². The third kappa shape index (κ3) is 10.3. The summed E-state index contributed by atoms with van der Waals surface area (Å²) in [6.45, 7) is 23.6. The zero-order valence-electron chi connectivity index (χ0n) is 50.6. The van der Waals surface area contributed by atoms with E-state index in [0.717, 1.165) is 64.0 Å². The van der Waals surface area contributed by atoms with Crippen LogP contribution in [0.4, 0.5) is 51.2 Å². The fourth-order valence-corrected chi connectivity index (χ4v) is 14.3. The van der Waals surface area contributed by atoms with Gasteiger partial charge in [0.2, 0.25) is 0 Å². The molecule has 0 fully saturated rings. The first-order valence-corrected chi connectivity index (χ1v) is 31.3. The van der Waals surface area contributed by atoms with Crippen LogP contribution >= 0.6 is 22.9 Å². The summed E-state index contributed by atoms with van der Waals surface area (Å²) in [5.41, 5.74) is 18.8. The lowest BCUT2D eigenvalue weighted by molar-refractivity contribution is 0.332. The number of thiophene rings is 1. The quantitative estimate of drug-likeness (QED) is 0.120. The molecule has 11 aromatic carbocycles. The largest absolute Gasteiger partial charge is 0.310 e. The third-order valence-corrected chi connectivity index (χ3v) is 19.2. The molecule has 0 N–H and O–H groups in total. The average molecular weight is 1150 g/mol. The van der Waals surface area contributed by atoms with Gasteiger partial charge in [-0.1, -0.05) is 226 Å². The molecule has 13 rings (SSSR count). The maximum Gasteiger partial charge on any atom is 0.0887 e. The Labute approximate surface area is 512 Å². The van der Waals surface area contributed by atoms with Crippen molar-refractivity contribution in [3.8, 4) is 22.3 Å². The fourth-order valence-electron chi connectivity index (χ4n) is 13.1. The van der Waals surface area contributed by atoms with E-state index >= 15 is 0 Å². The van der Waals surface area contributed by atoms with Gasteiger partial charge in [0.05, 0.1) is 22.1 Å². The molecule has 85 heavy (non-hydrogen) atoms. The number of fused-ring (bicyclic) bond motifs is 4. The molecule has 1 aliphatic rings. The number of hydrogen-bond donors (Lipinski definition) is 0. The Kier molecular flexibility index (Phi) is 14.2. The van der Waals surface area contributed by atoms with Gasteiger partial charge in [-0.3, -0.25) is 0 Å². The molecule has 0 radical (unpaired) electrons. The van der Waals surface area contributed by atoms with E-state index in [4.69, 9.17) is 11.6 Å². The molecule has 0 amide bonds. The molecule has 0 unspecified atom stereocenters. The Morgan fingerprint density at radius 1 is 0.353 bits per heavy atom. The predicted molar refractivity (Wildman–Crippen MR) is 369 cm³/mol. The first-order valence-electron chi connectivity index (χ1n) is 30.0. The van der Waals surface area contributed by atoms with Crippen LogP contribution < -0.4 is 14.7 Å². The first-order chi connectivity index (χ1) is 40.8. The van der Waals surface area contributed by atoms with E-state index in [2.05, 4.69) is 326 Å². The Bertz CT molecular complexity index is 4410. The molecule has 0 saturated carbocycles. The van der Waals surface area contributed by atoms with Crippen LogP contribution in [0.3, 0.4) is 0 Å². The lowest BCUT2D eigenvalue weighted by atomic mass is 9.63. The van der Waals surface area contributed by atoms with Crippen molar-refractivity contribution in [2.45, 2.75) is 104 Å². The minimum absolute atomic E-state index is 0.0298. The molecule has 1 heterocycles. The molecule has 0 aliphatic heterocycles. The van der Waals surface area contributed by atoms with Crippen LogP contribution in [0.15, 0.2) is 242 Å². The zero-order chi connectivity index (χ0) is 59.0. The topological polar surface area (TPSA) is 9.72 Å². The summed E-state index contributed by atoms with van der Waals surface area (Å²) in [4.78, 5) is 7.28. The second-order valence-electron chi connectivity index (χ2n) is 26.6. The van der Waals surface area contributed by atoms with Crippen molar-refractivity contribution in [2.75, 3.05) is 14.7 Å². The van der Waals surface area contributed by atoms with Crippen LogP contribution in [0.5, 0.6) is 0 Å². The van der Waals surface area contributed by atoms with Crippen molar-refractivity contribution in [3.63, 3.8) is 0 Å². The Hall–Kier alpha value is -8.41. The molecule has 3 nitrogen and oxygen atoms in total. The van der Waals surface area contributed by atoms with Gasteiger partial charge in [0, 0.05) is 49.6 Å². The average Bonchev–Trinajstić information content (AvgIpc) is 1.82. The molecule has 5 heteroatoms. The van der Waals surface area contributed by atoms with E-state index in [1.54, 1.807) is 11.3 Å². The van der Waals surface area contributed by atoms with Crippen molar-refractivity contribution >= 4 is 106 Å². The molecular formula is C80H74ClN3S. The second-order valence-corrected chi connectivity index (χ2v) is 27.9. The highest BCUT2D eigenvalue weighted by Gasteiger charge is 2.38.